The molecule has 1 saturated carbocycles. The first kappa shape index (κ1) is 16.5. The summed E-state index contributed by atoms with van der Waals surface area (Å²) in [6, 6.07) is 16.2. The fraction of sp³-hybridized carbons (Fsp3) is 0.263. The van der Waals surface area contributed by atoms with E-state index in [0.29, 0.717) is 6.42 Å². The Morgan fingerprint density at radius 2 is 0.960 bits per heavy atom. The van der Waals surface area contributed by atoms with Gasteiger partial charge in [-0.3, -0.25) is 0 Å². The molecule has 2 bridgehead atoms. The van der Waals surface area contributed by atoms with Gasteiger partial charge in [0.15, 0.2) is 0 Å². The SMILES string of the molecule is O=S(=O)(C1=C(S(=O)(=O)c2ccccc2)[C@H]2CC[C@@H]1C2)c1ccccc1. The minimum absolute atomic E-state index is 0.124. The molecule has 2 aliphatic rings. The fourth-order valence-corrected chi connectivity index (χ4v) is 8.38. The maximum absolute atomic E-state index is 13.2. The molecule has 6 heteroatoms. The van der Waals surface area contributed by atoms with Crippen LogP contribution in [0.5, 0.6) is 0 Å². The van der Waals surface area contributed by atoms with Crippen LogP contribution in [0.15, 0.2) is 80.3 Å². The molecule has 0 radical (unpaired) electrons. The van der Waals surface area contributed by atoms with Crippen LogP contribution in [0, 0.1) is 11.8 Å². The summed E-state index contributed by atoms with van der Waals surface area (Å²) in [4.78, 5) is 0.578. The van der Waals surface area contributed by atoms with Crippen LogP contribution in [0.1, 0.15) is 19.3 Å². The zero-order chi connectivity index (χ0) is 17.7. The van der Waals surface area contributed by atoms with Crippen LogP contribution in [0.4, 0.5) is 0 Å². The molecule has 2 atom stereocenters. The molecular weight excluding hydrogens is 356 g/mol. The third kappa shape index (κ3) is 2.55. The van der Waals surface area contributed by atoms with Crippen LogP contribution >= 0.6 is 0 Å². The van der Waals surface area contributed by atoms with Crippen molar-refractivity contribution in [3.8, 4) is 0 Å². The molecule has 0 heterocycles. The molecule has 0 amide bonds. The zero-order valence-corrected chi connectivity index (χ0v) is 15.1. The number of rotatable bonds is 4. The molecule has 2 aliphatic carbocycles. The van der Waals surface area contributed by atoms with Crippen LogP contribution < -0.4 is 0 Å². The van der Waals surface area contributed by atoms with Crippen molar-refractivity contribution in [2.45, 2.75) is 29.1 Å². The monoisotopic (exact) mass is 374 g/mol. The zero-order valence-electron chi connectivity index (χ0n) is 13.5. The molecular formula is C19H18O4S2. The Balaban J connectivity index is 1.95. The van der Waals surface area contributed by atoms with Gasteiger partial charge in [-0.1, -0.05) is 36.4 Å². The second-order valence-corrected chi connectivity index (χ2v) is 10.4. The predicted molar refractivity (Wildman–Crippen MR) is 95.1 cm³/mol. The minimum atomic E-state index is -3.81. The summed E-state index contributed by atoms with van der Waals surface area (Å²) in [6.45, 7) is 0. The number of sulfone groups is 2. The quantitative estimate of drug-likeness (QED) is 0.820. The van der Waals surface area contributed by atoms with Gasteiger partial charge in [-0.25, -0.2) is 16.8 Å². The van der Waals surface area contributed by atoms with Crippen LogP contribution in [0.3, 0.4) is 0 Å². The van der Waals surface area contributed by atoms with Crippen molar-refractivity contribution in [2.24, 2.45) is 11.8 Å². The van der Waals surface area contributed by atoms with Crippen molar-refractivity contribution in [1.29, 1.82) is 0 Å². The van der Waals surface area contributed by atoms with Gasteiger partial charge in [-0.05, 0) is 55.4 Å². The molecule has 0 spiro atoms. The molecule has 0 aliphatic heterocycles. The maximum atomic E-state index is 13.2. The van der Waals surface area contributed by atoms with Gasteiger partial charge in [-0.2, -0.15) is 0 Å². The summed E-state index contributed by atoms with van der Waals surface area (Å²) in [6.07, 6.45) is 2.09. The number of fused-ring (bicyclic) bond motifs is 2. The van der Waals surface area contributed by atoms with E-state index in [0.717, 1.165) is 12.8 Å². The highest BCUT2D eigenvalue weighted by molar-refractivity contribution is 7.99. The molecule has 25 heavy (non-hydrogen) atoms. The lowest BCUT2D eigenvalue weighted by atomic mass is 10.1. The van der Waals surface area contributed by atoms with Gasteiger partial charge in [0.25, 0.3) is 0 Å². The molecule has 2 aromatic rings. The summed E-state index contributed by atoms with van der Waals surface area (Å²) < 4.78 is 52.8. The molecule has 0 N–H and O–H groups in total. The lowest BCUT2D eigenvalue weighted by Crippen LogP contribution is -2.19. The molecule has 4 rings (SSSR count). The summed E-state index contributed by atoms with van der Waals surface area (Å²) in [7, 11) is -7.62. The van der Waals surface area contributed by atoms with Gasteiger partial charge in [-0.15, -0.1) is 0 Å². The van der Waals surface area contributed by atoms with Crippen molar-refractivity contribution in [3.05, 3.63) is 70.5 Å². The lowest BCUT2D eigenvalue weighted by molar-refractivity contribution is 0.580. The molecule has 0 unspecified atom stereocenters. The van der Waals surface area contributed by atoms with Gasteiger partial charge >= 0.3 is 0 Å². The van der Waals surface area contributed by atoms with Crippen molar-refractivity contribution < 1.29 is 16.8 Å². The Bertz CT molecular complexity index is 952. The molecule has 0 aromatic heterocycles. The van der Waals surface area contributed by atoms with E-state index in [1.54, 1.807) is 36.4 Å². The number of hydrogen-bond donors (Lipinski definition) is 0. The van der Waals surface area contributed by atoms with E-state index < -0.39 is 19.7 Å². The molecule has 4 nitrogen and oxygen atoms in total. The van der Waals surface area contributed by atoms with Crippen molar-refractivity contribution in [2.75, 3.05) is 0 Å². The smallest absolute Gasteiger partial charge is 0.204 e. The first-order chi connectivity index (χ1) is 11.9. The lowest BCUT2D eigenvalue weighted by Gasteiger charge is -2.20. The third-order valence-corrected chi connectivity index (χ3v) is 9.28. The van der Waals surface area contributed by atoms with Gasteiger partial charge in [0.05, 0.1) is 19.6 Å². The Kier molecular flexibility index (Phi) is 3.85. The van der Waals surface area contributed by atoms with Gasteiger partial charge in [0.2, 0.25) is 19.7 Å². The van der Waals surface area contributed by atoms with Crippen LogP contribution in [-0.2, 0) is 19.7 Å². The van der Waals surface area contributed by atoms with Crippen LogP contribution in [-0.4, -0.2) is 16.8 Å². The van der Waals surface area contributed by atoms with Crippen molar-refractivity contribution in [1.82, 2.24) is 0 Å². The molecule has 1 fully saturated rings. The Hall–Kier alpha value is -1.92. The van der Waals surface area contributed by atoms with Crippen LogP contribution in [0.25, 0.3) is 0 Å². The topological polar surface area (TPSA) is 68.3 Å². The average Bonchev–Trinajstić information content (AvgIpc) is 3.25. The summed E-state index contributed by atoms with van der Waals surface area (Å²) in [5.41, 5.74) is 0. The van der Waals surface area contributed by atoms with E-state index in [4.69, 9.17) is 0 Å². The molecule has 0 saturated heterocycles. The third-order valence-electron chi connectivity index (χ3n) is 5.10. The highest BCUT2D eigenvalue weighted by atomic mass is 32.2. The minimum Gasteiger partial charge on any atom is -0.219 e. The summed E-state index contributed by atoms with van der Waals surface area (Å²) in [5, 5.41) is 0. The summed E-state index contributed by atoms with van der Waals surface area (Å²) >= 11 is 0. The van der Waals surface area contributed by atoms with Crippen molar-refractivity contribution in [3.63, 3.8) is 0 Å². The van der Waals surface area contributed by atoms with E-state index in [2.05, 4.69) is 0 Å². The number of hydrogen-bond acceptors (Lipinski definition) is 4. The second-order valence-electron chi connectivity index (χ2n) is 6.57. The van der Waals surface area contributed by atoms with E-state index in [1.165, 1.54) is 24.3 Å². The standard InChI is InChI=1S/C19H18O4S2/c20-24(21,16-7-3-1-4-8-16)18-14-11-12-15(13-14)19(18)25(22,23)17-9-5-2-6-10-17/h1-10,14-15H,11-13H2/t14-,15+. The van der Waals surface area contributed by atoms with Gasteiger partial charge < -0.3 is 0 Å². The Morgan fingerprint density at radius 1 is 0.600 bits per heavy atom. The second kappa shape index (κ2) is 5.81. The van der Waals surface area contributed by atoms with Crippen molar-refractivity contribution >= 4 is 19.7 Å². The first-order valence-electron chi connectivity index (χ1n) is 8.26. The normalized spacial score (nSPS) is 23.2. The highest BCUT2D eigenvalue weighted by Crippen LogP contribution is 2.54. The van der Waals surface area contributed by atoms with E-state index >= 15 is 0 Å². The Labute approximate surface area is 148 Å². The highest BCUT2D eigenvalue weighted by Gasteiger charge is 2.49. The molecule has 130 valence electrons. The number of benzene rings is 2. The summed E-state index contributed by atoms with van der Waals surface area (Å²) in [5.74, 6) is -0.382. The molecule has 2 aromatic carbocycles. The largest absolute Gasteiger partial charge is 0.219 e. The van der Waals surface area contributed by atoms with E-state index in [1.807, 2.05) is 0 Å². The van der Waals surface area contributed by atoms with E-state index in [9.17, 15) is 16.8 Å². The number of allylic oxidation sites excluding steroid dienone is 2. The van der Waals surface area contributed by atoms with Gasteiger partial charge in [0, 0.05) is 0 Å². The average molecular weight is 374 g/mol. The fourth-order valence-electron chi connectivity index (χ4n) is 4.02. The van der Waals surface area contributed by atoms with E-state index in [-0.39, 0.29) is 31.4 Å². The predicted octanol–water partition coefficient (Wildman–Crippen LogP) is 3.58. The maximum Gasteiger partial charge on any atom is 0.204 e. The first-order valence-corrected chi connectivity index (χ1v) is 11.2. The van der Waals surface area contributed by atoms with Crippen LogP contribution in [0.2, 0.25) is 0 Å². The van der Waals surface area contributed by atoms with Gasteiger partial charge in [0.1, 0.15) is 0 Å². The Morgan fingerprint density at radius 3 is 1.32 bits per heavy atom.